The smallest absolute Gasteiger partial charge is 0.317 e. The van der Waals surface area contributed by atoms with E-state index in [4.69, 9.17) is 4.74 Å². The fourth-order valence-electron chi connectivity index (χ4n) is 2.35. The summed E-state index contributed by atoms with van der Waals surface area (Å²) in [5, 5.41) is 2.78. The minimum atomic E-state index is -0.0537. The number of rotatable bonds is 5. The molecule has 0 aromatic heterocycles. The van der Waals surface area contributed by atoms with E-state index in [0.29, 0.717) is 45.8 Å². The highest BCUT2D eigenvalue weighted by Gasteiger charge is 2.23. The SMILES string of the molecule is CCNC(=O)N1CCN(C(=O)CCOc2ccccc2)CC1. The average Bonchev–Trinajstić information content (AvgIpc) is 2.56. The molecule has 1 aliphatic rings. The minimum Gasteiger partial charge on any atom is -0.493 e. The Balaban J connectivity index is 1.68. The number of nitrogens with zero attached hydrogens (tertiary/aromatic N) is 2. The van der Waals surface area contributed by atoms with Crippen LogP contribution in [-0.4, -0.2) is 61.1 Å². The van der Waals surface area contributed by atoms with Crippen molar-refractivity contribution in [1.29, 1.82) is 0 Å². The van der Waals surface area contributed by atoms with Gasteiger partial charge in [-0.3, -0.25) is 4.79 Å². The van der Waals surface area contributed by atoms with Crippen molar-refractivity contribution in [3.8, 4) is 5.75 Å². The molecule has 1 aromatic rings. The number of ether oxygens (including phenoxy) is 1. The third kappa shape index (κ3) is 4.65. The molecule has 0 radical (unpaired) electrons. The van der Waals surface area contributed by atoms with Gasteiger partial charge in [-0.1, -0.05) is 18.2 Å². The fraction of sp³-hybridized carbons (Fsp3) is 0.500. The molecule has 0 spiro atoms. The van der Waals surface area contributed by atoms with E-state index < -0.39 is 0 Å². The zero-order chi connectivity index (χ0) is 15.8. The van der Waals surface area contributed by atoms with Crippen LogP contribution < -0.4 is 10.1 Å². The Kier molecular flexibility index (Phi) is 6.06. The summed E-state index contributed by atoms with van der Waals surface area (Å²) in [7, 11) is 0. The third-order valence-electron chi connectivity index (χ3n) is 3.58. The summed E-state index contributed by atoms with van der Waals surface area (Å²) >= 11 is 0. The summed E-state index contributed by atoms with van der Waals surface area (Å²) < 4.78 is 5.54. The van der Waals surface area contributed by atoms with E-state index in [2.05, 4.69) is 5.32 Å². The topological polar surface area (TPSA) is 61.9 Å². The van der Waals surface area contributed by atoms with Gasteiger partial charge in [-0.2, -0.15) is 0 Å². The van der Waals surface area contributed by atoms with Crippen LogP contribution in [0.25, 0.3) is 0 Å². The molecule has 0 atom stereocenters. The van der Waals surface area contributed by atoms with Crippen molar-refractivity contribution in [2.45, 2.75) is 13.3 Å². The normalized spacial score (nSPS) is 14.6. The molecule has 0 aliphatic carbocycles. The van der Waals surface area contributed by atoms with Crippen molar-refractivity contribution in [3.63, 3.8) is 0 Å². The van der Waals surface area contributed by atoms with Gasteiger partial charge >= 0.3 is 6.03 Å². The van der Waals surface area contributed by atoms with Crippen LogP contribution in [0.15, 0.2) is 30.3 Å². The second kappa shape index (κ2) is 8.26. The summed E-state index contributed by atoms with van der Waals surface area (Å²) in [6.07, 6.45) is 0.357. The fourth-order valence-corrected chi connectivity index (χ4v) is 2.35. The molecule has 0 unspecified atom stereocenters. The van der Waals surface area contributed by atoms with Crippen LogP contribution in [0.4, 0.5) is 4.79 Å². The van der Waals surface area contributed by atoms with Gasteiger partial charge in [-0.05, 0) is 19.1 Å². The Morgan fingerprint density at radius 2 is 1.73 bits per heavy atom. The molecule has 3 amide bonds. The van der Waals surface area contributed by atoms with Crippen molar-refractivity contribution in [1.82, 2.24) is 15.1 Å². The van der Waals surface area contributed by atoms with Crippen LogP contribution in [0, 0.1) is 0 Å². The molecule has 0 saturated carbocycles. The summed E-state index contributed by atoms with van der Waals surface area (Å²) in [5.74, 6) is 0.850. The number of benzene rings is 1. The second-order valence-corrected chi connectivity index (χ2v) is 5.11. The summed E-state index contributed by atoms with van der Waals surface area (Å²) in [6, 6.07) is 9.41. The van der Waals surface area contributed by atoms with Crippen LogP contribution in [-0.2, 0) is 4.79 Å². The van der Waals surface area contributed by atoms with Gasteiger partial charge in [0.2, 0.25) is 5.91 Å². The molecule has 1 aliphatic heterocycles. The number of piperazine rings is 1. The first-order valence-electron chi connectivity index (χ1n) is 7.69. The molecule has 120 valence electrons. The number of nitrogens with one attached hydrogen (secondary N) is 1. The molecule has 2 rings (SSSR count). The number of hydrogen-bond acceptors (Lipinski definition) is 3. The van der Waals surface area contributed by atoms with Gasteiger partial charge < -0.3 is 19.9 Å². The molecule has 6 heteroatoms. The Morgan fingerprint density at radius 3 is 2.36 bits per heavy atom. The number of amides is 3. The van der Waals surface area contributed by atoms with E-state index in [0.717, 1.165) is 5.75 Å². The first-order valence-corrected chi connectivity index (χ1v) is 7.69. The quantitative estimate of drug-likeness (QED) is 0.892. The predicted octanol–water partition coefficient (Wildman–Crippen LogP) is 1.33. The molecule has 1 N–H and O–H groups in total. The number of carbonyl (C=O) groups excluding carboxylic acids is 2. The molecule has 1 aromatic carbocycles. The standard InChI is InChI=1S/C16H23N3O3/c1-2-17-16(21)19-11-9-18(10-12-19)15(20)8-13-22-14-6-4-3-5-7-14/h3-7H,2,8-13H2,1H3,(H,17,21). The third-order valence-corrected chi connectivity index (χ3v) is 3.58. The first kappa shape index (κ1) is 16.1. The van der Waals surface area contributed by atoms with Gasteiger partial charge in [0.15, 0.2) is 0 Å². The number of hydrogen-bond donors (Lipinski definition) is 1. The van der Waals surface area contributed by atoms with Crippen molar-refractivity contribution in [3.05, 3.63) is 30.3 Å². The van der Waals surface area contributed by atoms with Gasteiger partial charge in [0.05, 0.1) is 13.0 Å². The lowest BCUT2D eigenvalue weighted by Gasteiger charge is -2.34. The summed E-state index contributed by atoms with van der Waals surface area (Å²) in [6.45, 7) is 5.22. The minimum absolute atomic E-state index is 0.0537. The van der Waals surface area contributed by atoms with Gasteiger partial charge in [0.25, 0.3) is 0 Å². The molecular weight excluding hydrogens is 282 g/mol. The van der Waals surface area contributed by atoms with Crippen LogP contribution in [0.5, 0.6) is 5.75 Å². The predicted molar refractivity (Wildman–Crippen MR) is 83.8 cm³/mol. The Bertz CT molecular complexity index is 485. The van der Waals surface area contributed by atoms with Gasteiger partial charge in [0.1, 0.15) is 5.75 Å². The van der Waals surface area contributed by atoms with E-state index in [-0.39, 0.29) is 11.9 Å². The van der Waals surface area contributed by atoms with Crippen LogP contribution in [0.2, 0.25) is 0 Å². The molecule has 1 heterocycles. The average molecular weight is 305 g/mol. The lowest BCUT2D eigenvalue weighted by molar-refractivity contribution is -0.133. The Labute approximate surface area is 131 Å². The highest BCUT2D eigenvalue weighted by atomic mass is 16.5. The maximum absolute atomic E-state index is 12.1. The molecule has 0 bridgehead atoms. The molecule has 6 nitrogen and oxygen atoms in total. The number of para-hydroxylation sites is 1. The monoisotopic (exact) mass is 305 g/mol. The zero-order valence-electron chi connectivity index (χ0n) is 13.0. The van der Waals surface area contributed by atoms with E-state index in [1.165, 1.54) is 0 Å². The van der Waals surface area contributed by atoms with Gasteiger partial charge in [-0.15, -0.1) is 0 Å². The number of carbonyl (C=O) groups is 2. The van der Waals surface area contributed by atoms with Crippen molar-refractivity contribution < 1.29 is 14.3 Å². The lowest BCUT2D eigenvalue weighted by Crippen LogP contribution is -2.53. The van der Waals surface area contributed by atoms with Crippen LogP contribution in [0.3, 0.4) is 0 Å². The van der Waals surface area contributed by atoms with Crippen LogP contribution in [0.1, 0.15) is 13.3 Å². The molecular formula is C16H23N3O3. The van der Waals surface area contributed by atoms with E-state index in [1.54, 1.807) is 9.80 Å². The van der Waals surface area contributed by atoms with Gasteiger partial charge in [-0.25, -0.2) is 4.79 Å². The van der Waals surface area contributed by atoms with E-state index >= 15 is 0 Å². The highest BCUT2D eigenvalue weighted by Crippen LogP contribution is 2.09. The Hall–Kier alpha value is -2.24. The highest BCUT2D eigenvalue weighted by molar-refractivity contribution is 5.77. The maximum atomic E-state index is 12.1. The van der Waals surface area contributed by atoms with Gasteiger partial charge in [0, 0.05) is 32.7 Å². The summed E-state index contributed by atoms with van der Waals surface area (Å²) in [5.41, 5.74) is 0. The first-order chi connectivity index (χ1) is 10.7. The Morgan fingerprint density at radius 1 is 1.09 bits per heavy atom. The summed E-state index contributed by atoms with van der Waals surface area (Å²) in [4.78, 5) is 27.4. The van der Waals surface area contributed by atoms with Crippen molar-refractivity contribution >= 4 is 11.9 Å². The van der Waals surface area contributed by atoms with E-state index in [9.17, 15) is 9.59 Å². The largest absolute Gasteiger partial charge is 0.493 e. The maximum Gasteiger partial charge on any atom is 0.317 e. The molecule has 22 heavy (non-hydrogen) atoms. The number of urea groups is 1. The molecule has 1 saturated heterocycles. The van der Waals surface area contributed by atoms with Crippen molar-refractivity contribution in [2.24, 2.45) is 0 Å². The van der Waals surface area contributed by atoms with Crippen LogP contribution >= 0.6 is 0 Å². The van der Waals surface area contributed by atoms with Crippen molar-refractivity contribution in [2.75, 3.05) is 39.3 Å². The van der Waals surface area contributed by atoms with E-state index in [1.807, 2.05) is 37.3 Å². The lowest BCUT2D eigenvalue weighted by atomic mass is 10.3. The molecule has 1 fully saturated rings. The second-order valence-electron chi connectivity index (χ2n) is 5.11. The zero-order valence-corrected chi connectivity index (χ0v) is 13.0.